The lowest BCUT2D eigenvalue weighted by Gasteiger charge is -2.45. The molecular formula is C31H54O4. The van der Waals surface area contributed by atoms with Crippen LogP contribution in [0.25, 0.3) is 0 Å². The molecule has 0 aromatic rings. The van der Waals surface area contributed by atoms with Gasteiger partial charge in [0, 0.05) is 0 Å². The fraction of sp³-hybridized carbons (Fsp3) is 0.871. The van der Waals surface area contributed by atoms with Crippen molar-refractivity contribution in [3.63, 3.8) is 0 Å². The van der Waals surface area contributed by atoms with Crippen molar-refractivity contribution in [3.8, 4) is 0 Å². The van der Waals surface area contributed by atoms with Gasteiger partial charge in [0.15, 0.2) is 0 Å². The Hall–Kier alpha value is -0.680. The van der Waals surface area contributed by atoms with Crippen LogP contribution in [0.15, 0.2) is 23.3 Å². The summed E-state index contributed by atoms with van der Waals surface area (Å²) in [4.78, 5) is 0. The van der Waals surface area contributed by atoms with E-state index in [4.69, 9.17) is 0 Å². The summed E-state index contributed by atoms with van der Waals surface area (Å²) in [6.07, 6.45) is 18.0. The van der Waals surface area contributed by atoms with Crippen molar-refractivity contribution in [1.29, 1.82) is 0 Å². The van der Waals surface area contributed by atoms with Crippen LogP contribution in [0.3, 0.4) is 0 Å². The van der Waals surface area contributed by atoms with Gasteiger partial charge in [-0.3, -0.25) is 0 Å². The van der Waals surface area contributed by atoms with Gasteiger partial charge in [0.1, 0.15) is 0 Å². The van der Waals surface area contributed by atoms with E-state index >= 15 is 0 Å². The summed E-state index contributed by atoms with van der Waals surface area (Å²) in [5.41, 5.74) is 1.88. The number of hydrogen-bond donors (Lipinski definition) is 4. The Kier molecular flexibility index (Phi) is 9.73. The Balaban J connectivity index is 1.73. The van der Waals surface area contributed by atoms with E-state index in [1.807, 2.05) is 27.7 Å². The van der Waals surface area contributed by atoms with Gasteiger partial charge in [-0.1, -0.05) is 55.9 Å². The molecule has 0 aromatic heterocycles. The molecule has 0 radical (unpaired) electrons. The zero-order chi connectivity index (χ0) is 25.9. The van der Waals surface area contributed by atoms with Crippen LogP contribution < -0.4 is 0 Å². The monoisotopic (exact) mass is 490 g/mol. The summed E-state index contributed by atoms with van der Waals surface area (Å²) >= 11 is 0. The van der Waals surface area contributed by atoms with E-state index < -0.39 is 23.4 Å². The van der Waals surface area contributed by atoms with E-state index in [1.165, 1.54) is 50.5 Å². The molecule has 0 bridgehead atoms. The van der Waals surface area contributed by atoms with Crippen LogP contribution in [0.4, 0.5) is 0 Å². The number of hydrogen-bond acceptors (Lipinski definition) is 4. The first-order valence-corrected chi connectivity index (χ1v) is 14.5. The molecule has 3 aliphatic rings. The lowest BCUT2D eigenvalue weighted by Crippen LogP contribution is -2.37. The van der Waals surface area contributed by atoms with Crippen molar-refractivity contribution in [2.24, 2.45) is 23.2 Å². The van der Waals surface area contributed by atoms with Gasteiger partial charge in [0.05, 0.1) is 23.4 Å². The molecule has 0 spiro atoms. The molecule has 0 amide bonds. The first-order chi connectivity index (χ1) is 16.3. The van der Waals surface area contributed by atoms with Crippen LogP contribution in [0.2, 0.25) is 0 Å². The van der Waals surface area contributed by atoms with Crippen LogP contribution in [0, 0.1) is 23.2 Å². The maximum Gasteiger partial charge on any atom is 0.0602 e. The fourth-order valence-corrected chi connectivity index (χ4v) is 7.72. The van der Waals surface area contributed by atoms with Crippen LogP contribution >= 0.6 is 0 Å². The van der Waals surface area contributed by atoms with E-state index in [1.54, 1.807) is 5.57 Å². The third kappa shape index (κ3) is 8.42. The molecule has 0 aliphatic heterocycles. The van der Waals surface area contributed by atoms with Crippen LogP contribution in [-0.4, -0.2) is 43.8 Å². The molecule has 0 aromatic carbocycles. The van der Waals surface area contributed by atoms with Gasteiger partial charge in [0.25, 0.3) is 0 Å². The smallest absolute Gasteiger partial charge is 0.0602 e. The molecule has 0 heterocycles. The standard InChI is InChI=1S/C31H54O4/c1-29(2,34)16-6-9-23(10-7-17-30(3,4)35)27-14-15-28-24(11-8-18-31(27,28)5)13-12-22-19-25(32)21-26(33)20-22/h12-13,23,25-28,32-35H,6-11,14-21H2,1-5H3/b24-13+/t25-,26-,27-,28?,31-/m1/s1. The second-order valence-electron chi connectivity index (χ2n) is 13.8. The van der Waals surface area contributed by atoms with Gasteiger partial charge in [-0.25, -0.2) is 0 Å². The Morgan fingerprint density at radius 2 is 1.49 bits per heavy atom. The second kappa shape index (κ2) is 11.8. The first kappa shape index (κ1) is 28.9. The Morgan fingerprint density at radius 3 is 2.03 bits per heavy atom. The van der Waals surface area contributed by atoms with Crippen molar-refractivity contribution in [1.82, 2.24) is 0 Å². The third-order valence-corrected chi connectivity index (χ3v) is 9.41. The quantitative estimate of drug-likeness (QED) is 0.283. The molecule has 35 heavy (non-hydrogen) atoms. The number of aliphatic hydroxyl groups excluding tert-OH is 2. The number of aliphatic hydroxyl groups is 4. The number of fused-ring (bicyclic) bond motifs is 1. The highest BCUT2D eigenvalue weighted by Crippen LogP contribution is 2.60. The average molecular weight is 491 g/mol. The summed E-state index contributed by atoms with van der Waals surface area (Å²) < 4.78 is 0. The van der Waals surface area contributed by atoms with Crippen molar-refractivity contribution < 1.29 is 20.4 Å². The summed E-state index contributed by atoms with van der Waals surface area (Å²) in [7, 11) is 0. The second-order valence-corrected chi connectivity index (χ2v) is 13.8. The minimum absolute atomic E-state index is 0.322. The Labute approximate surface area is 214 Å². The summed E-state index contributed by atoms with van der Waals surface area (Å²) in [5.74, 6) is 1.98. The predicted molar refractivity (Wildman–Crippen MR) is 144 cm³/mol. The van der Waals surface area contributed by atoms with Gasteiger partial charge in [-0.2, -0.15) is 0 Å². The molecule has 3 rings (SSSR count). The highest BCUT2D eigenvalue weighted by Gasteiger charge is 2.51. The van der Waals surface area contributed by atoms with E-state index in [9.17, 15) is 20.4 Å². The average Bonchev–Trinajstić information content (AvgIpc) is 3.06. The topological polar surface area (TPSA) is 80.9 Å². The molecule has 3 aliphatic carbocycles. The maximum absolute atomic E-state index is 10.3. The van der Waals surface area contributed by atoms with Crippen molar-refractivity contribution in [3.05, 3.63) is 23.3 Å². The largest absolute Gasteiger partial charge is 0.393 e. The summed E-state index contributed by atoms with van der Waals surface area (Å²) in [6, 6.07) is 0. The Bertz CT molecular complexity index is 708. The Morgan fingerprint density at radius 1 is 0.914 bits per heavy atom. The first-order valence-electron chi connectivity index (χ1n) is 14.5. The SMILES string of the molecule is CC(C)(O)CCCC(CCCC(C)(C)O)[C@H]1CCC2/C(=C/C=C3C[C@@H](O)C[C@H](O)C3)CCC[C@@]21C. The van der Waals surface area contributed by atoms with Gasteiger partial charge in [-0.05, 0) is 115 Å². The number of rotatable bonds is 10. The molecule has 1 unspecified atom stereocenters. The predicted octanol–water partition coefficient (Wildman–Crippen LogP) is 6.46. The highest BCUT2D eigenvalue weighted by atomic mass is 16.3. The van der Waals surface area contributed by atoms with Crippen LogP contribution in [-0.2, 0) is 0 Å². The molecule has 202 valence electrons. The van der Waals surface area contributed by atoms with E-state index in [0.717, 1.165) is 25.7 Å². The molecule has 3 fully saturated rings. The lowest BCUT2D eigenvalue weighted by atomic mass is 9.60. The third-order valence-electron chi connectivity index (χ3n) is 9.41. The van der Waals surface area contributed by atoms with Gasteiger partial charge < -0.3 is 20.4 Å². The minimum Gasteiger partial charge on any atom is -0.393 e. The van der Waals surface area contributed by atoms with Crippen LogP contribution in [0.1, 0.15) is 125 Å². The molecule has 4 heteroatoms. The minimum atomic E-state index is -0.603. The van der Waals surface area contributed by atoms with E-state index in [0.29, 0.717) is 42.4 Å². The van der Waals surface area contributed by atoms with Crippen molar-refractivity contribution >= 4 is 0 Å². The molecular weight excluding hydrogens is 436 g/mol. The lowest BCUT2D eigenvalue weighted by molar-refractivity contribution is 0.0479. The van der Waals surface area contributed by atoms with Gasteiger partial charge in [0.2, 0.25) is 0 Å². The molecule has 5 atom stereocenters. The molecule has 4 N–H and O–H groups in total. The summed E-state index contributed by atoms with van der Waals surface area (Å²) in [6.45, 7) is 10.2. The molecule has 0 saturated heterocycles. The van der Waals surface area contributed by atoms with E-state index in [-0.39, 0.29) is 0 Å². The summed E-state index contributed by atoms with van der Waals surface area (Å²) in [5, 5.41) is 40.7. The van der Waals surface area contributed by atoms with E-state index in [2.05, 4.69) is 19.1 Å². The zero-order valence-corrected chi connectivity index (χ0v) is 23.2. The molecule has 4 nitrogen and oxygen atoms in total. The maximum atomic E-state index is 10.3. The van der Waals surface area contributed by atoms with Crippen LogP contribution in [0.5, 0.6) is 0 Å². The fourth-order valence-electron chi connectivity index (χ4n) is 7.72. The highest BCUT2D eigenvalue weighted by molar-refractivity contribution is 5.26. The van der Waals surface area contributed by atoms with Gasteiger partial charge >= 0.3 is 0 Å². The zero-order valence-electron chi connectivity index (χ0n) is 23.2. The molecule has 3 saturated carbocycles. The van der Waals surface area contributed by atoms with Gasteiger partial charge in [-0.15, -0.1) is 0 Å². The normalized spacial score (nSPS) is 33.4. The van der Waals surface area contributed by atoms with Crippen molar-refractivity contribution in [2.75, 3.05) is 0 Å². The van der Waals surface area contributed by atoms with Crippen molar-refractivity contribution in [2.45, 2.75) is 148 Å². The number of allylic oxidation sites excluding steroid dienone is 3.